The molecule has 1 saturated heterocycles. The number of rotatable bonds is 4. The van der Waals surface area contributed by atoms with E-state index in [9.17, 15) is 9.59 Å². The summed E-state index contributed by atoms with van der Waals surface area (Å²) >= 11 is 0. The van der Waals surface area contributed by atoms with Crippen molar-refractivity contribution in [3.63, 3.8) is 0 Å². The van der Waals surface area contributed by atoms with Crippen LogP contribution in [0.3, 0.4) is 0 Å². The summed E-state index contributed by atoms with van der Waals surface area (Å²) in [5.74, 6) is -0.298. The lowest BCUT2D eigenvalue weighted by Gasteiger charge is -2.05. The van der Waals surface area contributed by atoms with Gasteiger partial charge >= 0.3 is 5.97 Å². The van der Waals surface area contributed by atoms with Crippen molar-refractivity contribution in [1.29, 1.82) is 0 Å². The summed E-state index contributed by atoms with van der Waals surface area (Å²) in [6.07, 6.45) is 3.50. The molecule has 22 heavy (non-hydrogen) atoms. The number of nitrogen functional groups attached to an aromatic ring is 1. The third-order valence-electron chi connectivity index (χ3n) is 4.00. The average molecular weight is 302 g/mol. The largest absolute Gasteiger partial charge is 0.465 e. The van der Waals surface area contributed by atoms with E-state index in [-0.39, 0.29) is 11.8 Å². The quantitative estimate of drug-likeness (QED) is 0.646. The minimum Gasteiger partial charge on any atom is -0.465 e. The molecular weight excluding hydrogens is 284 g/mol. The molecule has 1 fully saturated rings. The van der Waals surface area contributed by atoms with Gasteiger partial charge in [-0.3, -0.25) is 9.48 Å². The molecule has 2 aromatic rings. The lowest BCUT2D eigenvalue weighted by Crippen LogP contribution is -2.20. The van der Waals surface area contributed by atoms with Crippen molar-refractivity contribution < 1.29 is 14.3 Å². The zero-order valence-corrected chi connectivity index (χ0v) is 12.3. The smallest absolute Gasteiger partial charge is 0.340 e. The van der Waals surface area contributed by atoms with Crippen LogP contribution in [0.15, 0.2) is 18.3 Å². The van der Waals surface area contributed by atoms with E-state index >= 15 is 0 Å². The maximum Gasteiger partial charge on any atom is 0.340 e. The number of nitrogens with two attached hydrogens (primary N) is 1. The molecule has 116 valence electrons. The molecule has 1 atom stereocenters. The predicted molar refractivity (Wildman–Crippen MR) is 81.2 cm³/mol. The van der Waals surface area contributed by atoms with Crippen molar-refractivity contribution in [2.45, 2.75) is 19.4 Å². The molecule has 7 heteroatoms. The van der Waals surface area contributed by atoms with Gasteiger partial charge < -0.3 is 15.8 Å². The van der Waals surface area contributed by atoms with Crippen molar-refractivity contribution in [1.82, 2.24) is 15.1 Å². The zero-order valence-electron chi connectivity index (χ0n) is 12.3. The van der Waals surface area contributed by atoms with Crippen molar-refractivity contribution in [2.75, 3.05) is 19.4 Å². The van der Waals surface area contributed by atoms with Crippen LogP contribution < -0.4 is 11.1 Å². The monoisotopic (exact) mass is 302 g/mol. The van der Waals surface area contributed by atoms with Gasteiger partial charge in [-0.2, -0.15) is 5.10 Å². The lowest BCUT2D eigenvalue weighted by molar-refractivity contribution is -0.122. The van der Waals surface area contributed by atoms with E-state index in [1.165, 1.54) is 7.11 Å². The molecule has 0 aliphatic carbocycles. The molecule has 1 aliphatic heterocycles. The Kier molecular flexibility index (Phi) is 3.70. The number of hydrogen-bond acceptors (Lipinski definition) is 5. The van der Waals surface area contributed by atoms with Crippen molar-refractivity contribution >= 4 is 28.5 Å². The van der Waals surface area contributed by atoms with Crippen molar-refractivity contribution in [3.05, 3.63) is 23.9 Å². The number of ether oxygens (including phenoxy) is 1. The summed E-state index contributed by atoms with van der Waals surface area (Å²) in [6.45, 7) is 1.41. The van der Waals surface area contributed by atoms with Gasteiger partial charge in [0.1, 0.15) is 0 Å². The molecule has 1 aliphatic rings. The van der Waals surface area contributed by atoms with Gasteiger partial charge in [0.15, 0.2) is 0 Å². The number of fused-ring (bicyclic) bond motifs is 1. The summed E-state index contributed by atoms with van der Waals surface area (Å²) in [5, 5.41) is 8.13. The van der Waals surface area contributed by atoms with Crippen molar-refractivity contribution in [2.24, 2.45) is 5.92 Å². The van der Waals surface area contributed by atoms with Gasteiger partial charge in [0, 0.05) is 36.3 Å². The molecule has 7 nitrogen and oxygen atoms in total. The number of carbonyl (C=O) groups excluding carboxylic acids is 2. The normalized spacial score (nSPS) is 17.7. The van der Waals surface area contributed by atoms with E-state index in [1.807, 2.05) is 6.20 Å². The molecule has 0 saturated carbocycles. The second-order valence-electron chi connectivity index (χ2n) is 5.45. The first-order chi connectivity index (χ1) is 10.6. The van der Waals surface area contributed by atoms with Crippen LogP contribution in [0.5, 0.6) is 0 Å². The topological polar surface area (TPSA) is 99.2 Å². The van der Waals surface area contributed by atoms with Crippen LogP contribution >= 0.6 is 0 Å². The Morgan fingerprint density at radius 1 is 1.55 bits per heavy atom. The van der Waals surface area contributed by atoms with Gasteiger partial charge in [0.05, 0.1) is 18.2 Å². The number of aromatic nitrogens is 2. The maximum absolute atomic E-state index is 11.6. The van der Waals surface area contributed by atoms with Crippen LogP contribution in [0.4, 0.5) is 5.69 Å². The standard InChI is InChI=1S/C15H18N4O3/c1-22-15(21)11-7-13-10(6-12(11)16)8-19(18-13)5-3-9-2-4-17-14(9)20/h6-9H,2-5,16H2,1H3,(H,17,20). The van der Waals surface area contributed by atoms with E-state index in [0.717, 1.165) is 24.8 Å². The molecule has 0 radical (unpaired) electrons. The number of nitrogens with zero attached hydrogens (tertiary/aromatic N) is 2. The average Bonchev–Trinajstić information content (AvgIpc) is 3.08. The van der Waals surface area contributed by atoms with E-state index in [1.54, 1.807) is 16.8 Å². The second kappa shape index (κ2) is 5.67. The number of nitrogens with one attached hydrogen (secondary N) is 1. The Labute approximate surface area is 127 Å². The van der Waals surface area contributed by atoms with Crippen LogP contribution in [0, 0.1) is 5.92 Å². The number of carbonyl (C=O) groups is 2. The summed E-state index contributed by atoms with van der Waals surface area (Å²) in [6, 6.07) is 3.35. The summed E-state index contributed by atoms with van der Waals surface area (Å²) in [5.41, 5.74) is 7.24. The Bertz CT molecular complexity index is 738. The first-order valence-corrected chi connectivity index (χ1v) is 7.21. The Morgan fingerprint density at radius 3 is 3.05 bits per heavy atom. The molecule has 3 N–H and O–H groups in total. The van der Waals surface area contributed by atoms with Crippen LogP contribution in [0.1, 0.15) is 23.2 Å². The summed E-state index contributed by atoms with van der Waals surface area (Å²) in [7, 11) is 1.32. The lowest BCUT2D eigenvalue weighted by atomic mass is 10.0. The summed E-state index contributed by atoms with van der Waals surface area (Å²) < 4.78 is 6.49. The minimum absolute atomic E-state index is 0.0583. The predicted octanol–water partition coefficient (Wildman–Crippen LogP) is 0.931. The van der Waals surface area contributed by atoms with Crippen LogP contribution in [-0.4, -0.2) is 35.3 Å². The Hall–Kier alpha value is -2.57. The number of benzene rings is 1. The van der Waals surface area contributed by atoms with Crippen molar-refractivity contribution in [3.8, 4) is 0 Å². The number of anilines is 1. The molecule has 1 amide bonds. The van der Waals surface area contributed by atoms with Crippen LogP contribution in [0.25, 0.3) is 10.9 Å². The molecule has 2 heterocycles. The van der Waals surface area contributed by atoms with Gasteiger partial charge in [-0.05, 0) is 25.0 Å². The molecule has 3 rings (SSSR count). The number of amides is 1. The maximum atomic E-state index is 11.6. The van der Waals surface area contributed by atoms with E-state index in [2.05, 4.69) is 10.4 Å². The Balaban J connectivity index is 1.80. The number of methoxy groups -OCH3 is 1. The highest BCUT2D eigenvalue weighted by atomic mass is 16.5. The Morgan fingerprint density at radius 2 is 2.36 bits per heavy atom. The number of hydrogen-bond donors (Lipinski definition) is 2. The van der Waals surface area contributed by atoms with Gasteiger partial charge in [0.2, 0.25) is 5.91 Å². The second-order valence-corrected chi connectivity index (χ2v) is 5.45. The third-order valence-corrected chi connectivity index (χ3v) is 4.00. The fourth-order valence-electron chi connectivity index (χ4n) is 2.75. The van der Waals surface area contributed by atoms with Gasteiger partial charge in [0.25, 0.3) is 0 Å². The molecule has 1 unspecified atom stereocenters. The first kappa shape index (κ1) is 14.4. The highest BCUT2D eigenvalue weighted by Gasteiger charge is 2.23. The molecule has 0 bridgehead atoms. The van der Waals surface area contributed by atoms with Gasteiger partial charge in [-0.1, -0.05) is 0 Å². The summed E-state index contributed by atoms with van der Waals surface area (Å²) in [4.78, 5) is 23.2. The molecule has 0 spiro atoms. The molecule has 1 aromatic heterocycles. The van der Waals surface area contributed by atoms with Crippen LogP contribution in [-0.2, 0) is 16.1 Å². The van der Waals surface area contributed by atoms with Crippen LogP contribution in [0.2, 0.25) is 0 Å². The van der Waals surface area contributed by atoms with E-state index in [0.29, 0.717) is 23.3 Å². The highest BCUT2D eigenvalue weighted by molar-refractivity contribution is 6.00. The first-order valence-electron chi connectivity index (χ1n) is 7.21. The zero-order chi connectivity index (χ0) is 15.7. The SMILES string of the molecule is COC(=O)c1cc2nn(CCC3CCNC3=O)cc2cc1N. The minimum atomic E-state index is -0.475. The third kappa shape index (κ3) is 2.61. The van der Waals surface area contributed by atoms with Gasteiger partial charge in [-0.15, -0.1) is 0 Å². The fraction of sp³-hybridized carbons (Fsp3) is 0.400. The molecule has 1 aromatic carbocycles. The van der Waals surface area contributed by atoms with Gasteiger partial charge in [-0.25, -0.2) is 4.79 Å². The number of aryl methyl sites for hydroxylation is 1. The van der Waals surface area contributed by atoms with E-state index < -0.39 is 5.97 Å². The molecular formula is C15H18N4O3. The van der Waals surface area contributed by atoms with E-state index in [4.69, 9.17) is 10.5 Å². The fourth-order valence-corrected chi connectivity index (χ4v) is 2.75. The highest BCUT2D eigenvalue weighted by Crippen LogP contribution is 2.22. The number of esters is 1.